The van der Waals surface area contributed by atoms with Crippen molar-refractivity contribution < 1.29 is 14.1 Å². The molecule has 0 bridgehead atoms. The summed E-state index contributed by atoms with van der Waals surface area (Å²) < 4.78 is 10.5. The Morgan fingerprint density at radius 2 is 2.04 bits per heavy atom. The molecular formula is C19H20N6O3. The van der Waals surface area contributed by atoms with Gasteiger partial charge in [0.2, 0.25) is 11.7 Å². The van der Waals surface area contributed by atoms with Gasteiger partial charge in [0.15, 0.2) is 6.61 Å². The van der Waals surface area contributed by atoms with Crippen molar-refractivity contribution in [1.29, 1.82) is 0 Å². The van der Waals surface area contributed by atoms with Crippen molar-refractivity contribution in [1.82, 2.24) is 25.0 Å². The smallest absolute Gasteiger partial charge is 0.260 e. The van der Waals surface area contributed by atoms with Crippen molar-refractivity contribution in [3.8, 4) is 17.1 Å². The van der Waals surface area contributed by atoms with Gasteiger partial charge in [-0.15, -0.1) is 0 Å². The molecule has 0 unspecified atom stereocenters. The van der Waals surface area contributed by atoms with Gasteiger partial charge in [-0.2, -0.15) is 4.98 Å². The Kier molecular flexibility index (Phi) is 5.14. The molecule has 0 spiro atoms. The van der Waals surface area contributed by atoms with E-state index in [4.69, 9.17) is 9.26 Å². The molecule has 1 amide bonds. The number of anilines is 1. The summed E-state index contributed by atoms with van der Waals surface area (Å²) in [6.45, 7) is 4.45. The number of carbonyl (C=O) groups is 1. The molecule has 4 rings (SSSR count). The number of rotatable bonds is 5. The van der Waals surface area contributed by atoms with E-state index in [0.29, 0.717) is 43.6 Å². The summed E-state index contributed by atoms with van der Waals surface area (Å²) in [5.74, 6) is 2.48. The zero-order valence-corrected chi connectivity index (χ0v) is 15.5. The molecule has 4 heterocycles. The van der Waals surface area contributed by atoms with E-state index in [0.717, 1.165) is 11.4 Å². The van der Waals surface area contributed by atoms with E-state index in [9.17, 15) is 4.79 Å². The largest absolute Gasteiger partial charge is 0.482 e. The number of pyridine rings is 2. The van der Waals surface area contributed by atoms with Crippen LogP contribution in [0.3, 0.4) is 0 Å². The average molecular weight is 380 g/mol. The third-order valence-corrected chi connectivity index (χ3v) is 4.49. The van der Waals surface area contributed by atoms with Crippen LogP contribution >= 0.6 is 0 Å². The Bertz CT molecular complexity index is 920. The molecule has 3 aromatic rings. The lowest BCUT2D eigenvalue weighted by Gasteiger charge is -2.35. The summed E-state index contributed by atoms with van der Waals surface area (Å²) in [5, 5.41) is 3.90. The predicted octanol–water partition coefficient (Wildman–Crippen LogP) is 1.56. The van der Waals surface area contributed by atoms with Gasteiger partial charge >= 0.3 is 0 Å². The van der Waals surface area contributed by atoms with E-state index in [2.05, 4.69) is 25.0 Å². The van der Waals surface area contributed by atoms with E-state index in [1.54, 1.807) is 37.6 Å². The van der Waals surface area contributed by atoms with Crippen LogP contribution in [0.2, 0.25) is 0 Å². The Hall–Kier alpha value is -3.49. The zero-order chi connectivity index (χ0) is 19.3. The molecule has 0 radical (unpaired) electrons. The first kappa shape index (κ1) is 17.9. The molecule has 9 heteroatoms. The zero-order valence-electron chi connectivity index (χ0n) is 15.5. The van der Waals surface area contributed by atoms with Gasteiger partial charge in [0.1, 0.15) is 11.6 Å². The molecule has 144 valence electrons. The van der Waals surface area contributed by atoms with Crippen LogP contribution in [-0.2, 0) is 4.79 Å². The van der Waals surface area contributed by atoms with Crippen LogP contribution in [0.5, 0.6) is 5.75 Å². The van der Waals surface area contributed by atoms with Crippen LogP contribution in [0.1, 0.15) is 5.89 Å². The molecule has 3 aromatic heterocycles. The SMILES string of the molecule is Cc1nc(-c2ccc(N3CCN(C(=O)COc4cccnc4)CC3)nc2)no1. The van der Waals surface area contributed by atoms with Gasteiger partial charge in [0.25, 0.3) is 5.91 Å². The summed E-state index contributed by atoms with van der Waals surface area (Å²) in [6, 6.07) is 7.41. The molecule has 1 fully saturated rings. The third kappa shape index (κ3) is 4.08. The standard InChI is InChI=1S/C19H20N6O3/c1-14-22-19(23-28-14)15-4-5-17(21-11-15)24-7-9-25(10-8-24)18(26)13-27-16-3-2-6-20-12-16/h2-6,11-12H,7-10,13H2,1H3. The lowest BCUT2D eigenvalue weighted by atomic mass is 10.2. The summed E-state index contributed by atoms with van der Waals surface area (Å²) in [6.07, 6.45) is 4.99. The van der Waals surface area contributed by atoms with Crippen LogP contribution in [0.25, 0.3) is 11.4 Å². The highest BCUT2D eigenvalue weighted by atomic mass is 16.5. The minimum Gasteiger partial charge on any atom is -0.482 e. The molecule has 0 saturated carbocycles. The van der Waals surface area contributed by atoms with Gasteiger partial charge in [-0.05, 0) is 24.3 Å². The van der Waals surface area contributed by atoms with E-state index < -0.39 is 0 Å². The summed E-state index contributed by atoms with van der Waals surface area (Å²) >= 11 is 0. The fourth-order valence-corrected chi connectivity index (χ4v) is 2.98. The summed E-state index contributed by atoms with van der Waals surface area (Å²) in [5.41, 5.74) is 0.807. The monoisotopic (exact) mass is 380 g/mol. The fourth-order valence-electron chi connectivity index (χ4n) is 2.98. The minimum absolute atomic E-state index is 0.0166. The van der Waals surface area contributed by atoms with Crippen molar-refractivity contribution in [2.45, 2.75) is 6.92 Å². The maximum Gasteiger partial charge on any atom is 0.260 e. The Balaban J connectivity index is 1.29. The lowest BCUT2D eigenvalue weighted by Crippen LogP contribution is -2.50. The van der Waals surface area contributed by atoms with Crippen LogP contribution in [0.4, 0.5) is 5.82 Å². The molecule has 9 nitrogen and oxygen atoms in total. The van der Waals surface area contributed by atoms with Crippen molar-refractivity contribution in [3.05, 3.63) is 48.7 Å². The average Bonchev–Trinajstić information content (AvgIpc) is 3.19. The van der Waals surface area contributed by atoms with Gasteiger partial charge in [-0.3, -0.25) is 9.78 Å². The Morgan fingerprint density at radius 3 is 2.68 bits per heavy atom. The number of aryl methyl sites for hydroxylation is 1. The molecule has 1 aliphatic heterocycles. The second kappa shape index (κ2) is 8.03. The van der Waals surface area contributed by atoms with Crippen molar-refractivity contribution in [2.75, 3.05) is 37.7 Å². The van der Waals surface area contributed by atoms with E-state index >= 15 is 0 Å². The first-order valence-electron chi connectivity index (χ1n) is 9.01. The van der Waals surface area contributed by atoms with E-state index in [-0.39, 0.29) is 12.5 Å². The topological polar surface area (TPSA) is 97.5 Å². The fraction of sp³-hybridized carbons (Fsp3) is 0.316. The summed E-state index contributed by atoms with van der Waals surface area (Å²) in [7, 11) is 0. The number of aromatic nitrogens is 4. The number of hydrogen-bond donors (Lipinski definition) is 0. The van der Waals surface area contributed by atoms with Crippen LogP contribution in [-0.4, -0.2) is 63.7 Å². The number of hydrogen-bond acceptors (Lipinski definition) is 8. The first-order valence-corrected chi connectivity index (χ1v) is 9.01. The molecule has 0 aromatic carbocycles. The Labute approximate surface area is 162 Å². The van der Waals surface area contributed by atoms with Crippen LogP contribution < -0.4 is 9.64 Å². The number of carbonyl (C=O) groups excluding carboxylic acids is 1. The van der Waals surface area contributed by atoms with Gasteiger partial charge in [0, 0.05) is 51.1 Å². The molecular weight excluding hydrogens is 360 g/mol. The molecule has 0 aliphatic carbocycles. The molecule has 28 heavy (non-hydrogen) atoms. The predicted molar refractivity (Wildman–Crippen MR) is 101 cm³/mol. The maximum atomic E-state index is 12.3. The third-order valence-electron chi connectivity index (χ3n) is 4.49. The lowest BCUT2D eigenvalue weighted by molar-refractivity contribution is -0.133. The second-order valence-corrected chi connectivity index (χ2v) is 6.39. The minimum atomic E-state index is -0.0284. The van der Waals surface area contributed by atoms with Crippen LogP contribution in [0.15, 0.2) is 47.4 Å². The van der Waals surface area contributed by atoms with Crippen molar-refractivity contribution in [2.24, 2.45) is 0 Å². The van der Waals surface area contributed by atoms with E-state index in [1.165, 1.54) is 0 Å². The quantitative estimate of drug-likeness (QED) is 0.658. The maximum absolute atomic E-state index is 12.3. The van der Waals surface area contributed by atoms with Crippen LogP contribution in [0, 0.1) is 6.92 Å². The molecule has 0 atom stereocenters. The molecule has 0 N–H and O–H groups in total. The van der Waals surface area contributed by atoms with Crippen molar-refractivity contribution in [3.63, 3.8) is 0 Å². The highest BCUT2D eigenvalue weighted by Crippen LogP contribution is 2.19. The number of piperazine rings is 1. The number of amides is 1. The van der Waals surface area contributed by atoms with E-state index in [1.807, 2.05) is 17.0 Å². The highest BCUT2D eigenvalue weighted by Gasteiger charge is 2.22. The number of ether oxygens (including phenoxy) is 1. The molecule has 1 saturated heterocycles. The summed E-state index contributed by atoms with van der Waals surface area (Å²) in [4.78, 5) is 29.0. The van der Waals surface area contributed by atoms with Gasteiger partial charge in [-0.1, -0.05) is 5.16 Å². The highest BCUT2D eigenvalue weighted by molar-refractivity contribution is 5.78. The second-order valence-electron chi connectivity index (χ2n) is 6.39. The first-order chi connectivity index (χ1) is 13.7. The van der Waals surface area contributed by atoms with Gasteiger partial charge in [-0.25, -0.2) is 4.98 Å². The molecule has 1 aliphatic rings. The van der Waals surface area contributed by atoms with Gasteiger partial charge in [0.05, 0.1) is 6.20 Å². The number of nitrogens with zero attached hydrogens (tertiary/aromatic N) is 6. The van der Waals surface area contributed by atoms with Gasteiger partial charge < -0.3 is 19.1 Å². The normalized spacial score (nSPS) is 14.2. The Morgan fingerprint density at radius 1 is 1.18 bits per heavy atom. The van der Waals surface area contributed by atoms with Crippen molar-refractivity contribution >= 4 is 11.7 Å².